The maximum atomic E-state index is 12.2. The minimum absolute atomic E-state index is 0.00111. The van der Waals surface area contributed by atoms with E-state index in [9.17, 15) is 4.79 Å². The van der Waals surface area contributed by atoms with E-state index >= 15 is 0 Å². The summed E-state index contributed by atoms with van der Waals surface area (Å²) in [6, 6.07) is 19.9. The molecular weight excluding hydrogens is 312 g/mol. The number of nitrogens with one attached hydrogen (secondary N) is 1. The third-order valence-electron chi connectivity index (χ3n) is 4.38. The highest BCUT2D eigenvalue weighted by Gasteiger charge is 2.19. The Kier molecular flexibility index (Phi) is 5.65. The van der Waals surface area contributed by atoms with Gasteiger partial charge in [-0.05, 0) is 29.8 Å². The molecule has 0 aliphatic carbocycles. The number of carbonyl (C=O) groups excluding carboxylic acids is 1. The van der Waals surface area contributed by atoms with Crippen molar-refractivity contribution in [2.45, 2.75) is 6.42 Å². The molecule has 1 fully saturated rings. The summed E-state index contributed by atoms with van der Waals surface area (Å²) in [6.07, 6.45) is 0.389. The molecule has 1 amide bonds. The maximum Gasteiger partial charge on any atom is 0.238 e. The highest BCUT2D eigenvalue weighted by Crippen LogP contribution is 2.15. The van der Waals surface area contributed by atoms with Gasteiger partial charge in [0.25, 0.3) is 0 Å². The molecule has 2 aromatic carbocycles. The van der Waals surface area contributed by atoms with Gasteiger partial charge in [0.2, 0.25) is 5.91 Å². The molecule has 0 bridgehead atoms. The van der Waals surface area contributed by atoms with Crippen LogP contribution in [0.15, 0.2) is 54.6 Å². The third-order valence-corrected chi connectivity index (χ3v) is 4.38. The van der Waals surface area contributed by atoms with Gasteiger partial charge in [0.1, 0.15) is 0 Å². The van der Waals surface area contributed by atoms with E-state index in [0.717, 1.165) is 37.4 Å². The molecule has 1 N–H and O–H groups in total. The van der Waals surface area contributed by atoms with Crippen LogP contribution in [-0.4, -0.2) is 43.5 Å². The van der Waals surface area contributed by atoms with Crippen molar-refractivity contribution in [2.24, 2.45) is 0 Å². The van der Waals surface area contributed by atoms with Crippen LogP contribution >= 0.6 is 0 Å². The van der Waals surface area contributed by atoms with E-state index in [0.29, 0.717) is 13.0 Å². The fourth-order valence-electron chi connectivity index (χ4n) is 3.00. The average Bonchev–Trinajstić information content (AvgIpc) is 2.65. The summed E-state index contributed by atoms with van der Waals surface area (Å²) >= 11 is 0. The molecule has 128 valence electrons. The maximum absolute atomic E-state index is 12.2. The van der Waals surface area contributed by atoms with Gasteiger partial charge in [0.05, 0.1) is 19.0 Å². The lowest BCUT2D eigenvalue weighted by Crippen LogP contribution is -2.48. The number of hydrogen-bond acceptors (Lipinski definition) is 4. The van der Waals surface area contributed by atoms with Crippen molar-refractivity contribution >= 4 is 17.3 Å². The summed E-state index contributed by atoms with van der Waals surface area (Å²) in [4.78, 5) is 16.8. The lowest BCUT2D eigenvalue weighted by Gasteiger charge is -2.35. The van der Waals surface area contributed by atoms with Gasteiger partial charge in [-0.15, -0.1) is 0 Å². The van der Waals surface area contributed by atoms with Crippen molar-refractivity contribution in [2.75, 3.05) is 42.9 Å². The molecule has 2 aromatic rings. The van der Waals surface area contributed by atoms with Gasteiger partial charge in [0.15, 0.2) is 0 Å². The van der Waals surface area contributed by atoms with Crippen molar-refractivity contribution in [1.29, 1.82) is 5.26 Å². The van der Waals surface area contributed by atoms with Crippen LogP contribution in [0.5, 0.6) is 0 Å². The number of benzene rings is 2. The van der Waals surface area contributed by atoms with Crippen molar-refractivity contribution in [3.05, 3.63) is 60.2 Å². The molecule has 0 saturated carbocycles. The molecular formula is C20H22N4O. The van der Waals surface area contributed by atoms with E-state index in [4.69, 9.17) is 5.26 Å². The van der Waals surface area contributed by atoms with Crippen molar-refractivity contribution in [1.82, 2.24) is 4.90 Å². The van der Waals surface area contributed by atoms with Crippen LogP contribution in [0.4, 0.5) is 11.4 Å². The topological polar surface area (TPSA) is 59.4 Å². The summed E-state index contributed by atoms with van der Waals surface area (Å²) in [7, 11) is 0. The van der Waals surface area contributed by atoms with Gasteiger partial charge >= 0.3 is 0 Å². The average molecular weight is 334 g/mol. The molecule has 1 aliphatic heterocycles. The van der Waals surface area contributed by atoms with Crippen molar-refractivity contribution in [3.63, 3.8) is 0 Å². The number of hydrogen-bond donors (Lipinski definition) is 1. The number of amides is 1. The molecule has 5 nitrogen and oxygen atoms in total. The van der Waals surface area contributed by atoms with Crippen molar-refractivity contribution in [3.8, 4) is 6.07 Å². The van der Waals surface area contributed by atoms with Gasteiger partial charge in [-0.3, -0.25) is 9.69 Å². The summed E-state index contributed by atoms with van der Waals surface area (Å²) in [5, 5.41) is 11.6. The SMILES string of the molecule is N#CCc1ccc(NC(=O)CN2CCN(c3ccccc3)CC2)cc1. The second-order valence-corrected chi connectivity index (χ2v) is 6.18. The number of para-hydroxylation sites is 1. The van der Waals surface area contributed by atoms with Crippen LogP contribution < -0.4 is 10.2 Å². The van der Waals surface area contributed by atoms with Gasteiger partial charge in [-0.1, -0.05) is 30.3 Å². The van der Waals surface area contributed by atoms with E-state index in [1.54, 1.807) is 0 Å². The molecule has 1 heterocycles. The quantitative estimate of drug-likeness (QED) is 0.913. The first-order chi connectivity index (χ1) is 12.2. The predicted molar refractivity (Wildman–Crippen MR) is 99.5 cm³/mol. The largest absolute Gasteiger partial charge is 0.369 e. The van der Waals surface area contributed by atoms with Crippen LogP contribution in [0, 0.1) is 11.3 Å². The zero-order valence-corrected chi connectivity index (χ0v) is 14.2. The molecule has 0 aromatic heterocycles. The first-order valence-corrected chi connectivity index (χ1v) is 8.53. The Balaban J connectivity index is 1.45. The van der Waals surface area contributed by atoms with Gasteiger partial charge < -0.3 is 10.2 Å². The highest BCUT2D eigenvalue weighted by molar-refractivity contribution is 5.92. The Morgan fingerprint density at radius 1 is 1.00 bits per heavy atom. The monoisotopic (exact) mass is 334 g/mol. The van der Waals surface area contributed by atoms with Crippen LogP contribution in [-0.2, 0) is 11.2 Å². The van der Waals surface area contributed by atoms with E-state index < -0.39 is 0 Å². The first-order valence-electron chi connectivity index (χ1n) is 8.53. The van der Waals surface area contributed by atoms with Crippen LogP contribution in [0.1, 0.15) is 5.56 Å². The van der Waals surface area contributed by atoms with Crippen LogP contribution in [0.3, 0.4) is 0 Å². The zero-order valence-electron chi connectivity index (χ0n) is 14.2. The molecule has 0 radical (unpaired) electrons. The second kappa shape index (κ2) is 8.32. The van der Waals surface area contributed by atoms with E-state index in [1.807, 2.05) is 30.3 Å². The molecule has 0 spiro atoms. The predicted octanol–water partition coefficient (Wildman–Crippen LogP) is 2.51. The van der Waals surface area contributed by atoms with Gasteiger partial charge in [-0.2, -0.15) is 5.26 Å². The lowest BCUT2D eigenvalue weighted by molar-refractivity contribution is -0.117. The summed E-state index contributed by atoms with van der Waals surface area (Å²) in [6.45, 7) is 4.02. The standard InChI is InChI=1S/C20H22N4O/c21-11-10-17-6-8-18(9-7-17)22-20(25)16-23-12-14-24(15-13-23)19-4-2-1-3-5-19/h1-9H,10,12-16H2,(H,22,25). The number of carbonyl (C=O) groups is 1. The normalized spacial score (nSPS) is 14.8. The Labute approximate surface area is 148 Å². The fraction of sp³-hybridized carbons (Fsp3) is 0.300. The number of rotatable bonds is 5. The Hall–Kier alpha value is -2.84. The summed E-state index contributed by atoms with van der Waals surface area (Å²) in [5.74, 6) is 0.00111. The number of anilines is 2. The third kappa shape index (κ3) is 4.82. The van der Waals surface area contributed by atoms with E-state index in [2.05, 4.69) is 45.5 Å². The molecule has 5 heteroatoms. The molecule has 3 rings (SSSR count). The summed E-state index contributed by atoms with van der Waals surface area (Å²) < 4.78 is 0. The smallest absolute Gasteiger partial charge is 0.238 e. The van der Waals surface area contributed by atoms with Crippen LogP contribution in [0.25, 0.3) is 0 Å². The Morgan fingerprint density at radius 3 is 2.32 bits per heavy atom. The Bertz CT molecular complexity index is 729. The molecule has 1 aliphatic rings. The Morgan fingerprint density at radius 2 is 1.68 bits per heavy atom. The second-order valence-electron chi connectivity index (χ2n) is 6.18. The minimum Gasteiger partial charge on any atom is -0.369 e. The first kappa shape index (κ1) is 17.0. The summed E-state index contributed by atoms with van der Waals surface area (Å²) in [5.41, 5.74) is 2.97. The van der Waals surface area contributed by atoms with Gasteiger partial charge in [0, 0.05) is 37.6 Å². The minimum atomic E-state index is 0.00111. The molecule has 1 saturated heterocycles. The van der Waals surface area contributed by atoms with E-state index in [-0.39, 0.29) is 5.91 Å². The zero-order chi connectivity index (χ0) is 17.5. The highest BCUT2D eigenvalue weighted by atomic mass is 16.2. The number of piperazine rings is 1. The van der Waals surface area contributed by atoms with Crippen LogP contribution in [0.2, 0.25) is 0 Å². The molecule has 25 heavy (non-hydrogen) atoms. The van der Waals surface area contributed by atoms with Gasteiger partial charge in [-0.25, -0.2) is 0 Å². The fourth-order valence-corrected chi connectivity index (χ4v) is 3.00. The number of nitrogens with zero attached hydrogens (tertiary/aromatic N) is 3. The van der Waals surface area contributed by atoms with E-state index in [1.165, 1.54) is 5.69 Å². The van der Waals surface area contributed by atoms with Crippen molar-refractivity contribution < 1.29 is 4.79 Å². The lowest BCUT2D eigenvalue weighted by atomic mass is 10.1. The molecule has 0 atom stereocenters. The molecule has 0 unspecified atom stereocenters. The number of nitriles is 1.